The molecule has 2 heterocycles. The van der Waals surface area contributed by atoms with E-state index in [0.29, 0.717) is 29.6 Å². The van der Waals surface area contributed by atoms with Crippen LogP contribution in [0.15, 0.2) is 18.2 Å². The zero-order chi connectivity index (χ0) is 21.8. The van der Waals surface area contributed by atoms with Crippen molar-refractivity contribution in [2.45, 2.75) is 57.1 Å². The number of ether oxygens (including phenoxy) is 3. The maximum atomic E-state index is 13.5. The molecule has 170 valence electrons. The van der Waals surface area contributed by atoms with Crippen LogP contribution in [0.1, 0.15) is 55.3 Å². The van der Waals surface area contributed by atoms with E-state index in [1.165, 1.54) is 0 Å². The highest BCUT2D eigenvalue weighted by molar-refractivity contribution is 5.97. The van der Waals surface area contributed by atoms with E-state index in [1.807, 2.05) is 21.9 Å². The van der Waals surface area contributed by atoms with Crippen molar-refractivity contribution in [2.24, 2.45) is 5.92 Å². The molecule has 1 saturated carbocycles. The number of carbonyl (C=O) groups excluding carboxylic acids is 2. The molecule has 1 aromatic carbocycles. The molecule has 4 rings (SSSR count). The molecule has 0 unspecified atom stereocenters. The number of nitrogens with zero attached hydrogens (tertiary/aromatic N) is 2. The van der Waals surface area contributed by atoms with Crippen molar-refractivity contribution in [3.8, 4) is 11.5 Å². The second kappa shape index (κ2) is 9.90. The van der Waals surface area contributed by atoms with Crippen LogP contribution in [0.3, 0.4) is 0 Å². The monoisotopic (exact) mass is 430 g/mol. The van der Waals surface area contributed by atoms with Crippen LogP contribution in [0.2, 0.25) is 0 Å². The van der Waals surface area contributed by atoms with Crippen LogP contribution < -0.4 is 9.47 Å². The smallest absolute Gasteiger partial charge is 0.258 e. The van der Waals surface area contributed by atoms with Crippen molar-refractivity contribution in [3.05, 3.63) is 23.8 Å². The van der Waals surface area contributed by atoms with Gasteiger partial charge >= 0.3 is 0 Å². The third-order valence-corrected chi connectivity index (χ3v) is 6.64. The minimum atomic E-state index is -0.0306. The second-order valence-electron chi connectivity index (χ2n) is 8.88. The minimum absolute atomic E-state index is 0.000624. The summed E-state index contributed by atoms with van der Waals surface area (Å²) >= 11 is 0. The molecule has 31 heavy (non-hydrogen) atoms. The summed E-state index contributed by atoms with van der Waals surface area (Å²) in [4.78, 5) is 29.7. The van der Waals surface area contributed by atoms with Gasteiger partial charge in [-0.05, 0) is 50.3 Å². The van der Waals surface area contributed by atoms with Gasteiger partial charge in [0.1, 0.15) is 17.6 Å². The van der Waals surface area contributed by atoms with Gasteiger partial charge in [0.15, 0.2) is 0 Å². The van der Waals surface area contributed by atoms with Crippen molar-refractivity contribution in [1.82, 2.24) is 9.80 Å². The van der Waals surface area contributed by atoms with Crippen LogP contribution in [0.25, 0.3) is 0 Å². The number of amides is 2. The molecule has 2 amide bonds. The molecule has 2 aliphatic heterocycles. The molecule has 1 aliphatic carbocycles. The summed E-state index contributed by atoms with van der Waals surface area (Å²) in [5, 5.41) is 0. The fourth-order valence-corrected chi connectivity index (χ4v) is 4.66. The Labute approximate surface area is 184 Å². The third kappa shape index (κ3) is 5.14. The van der Waals surface area contributed by atoms with Crippen LogP contribution in [-0.4, -0.2) is 74.2 Å². The molecule has 1 atom stereocenters. The lowest BCUT2D eigenvalue weighted by atomic mass is 10.0. The van der Waals surface area contributed by atoms with Gasteiger partial charge in [0.05, 0.1) is 25.3 Å². The topological polar surface area (TPSA) is 68.3 Å². The van der Waals surface area contributed by atoms with E-state index in [1.54, 1.807) is 20.3 Å². The molecule has 0 N–H and O–H groups in total. The first-order valence-corrected chi connectivity index (χ1v) is 11.5. The molecular weight excluding hydrogens is 396 g/mol. The molecule has 0 aromatic heterocycles. The fourth-order valence-electron chi connectivity index (χ4n) is 4.66. The summed E-state index contributed by atoms with van der Waals surface area (Å²) in [6.45, 7) is 2.72. The Morgan fingerprint density at radius 2 is 1.77 bits per heavy atom. The molecule has 0 spiro atoms. The van der Waals surface area contributed by atoms with Crippen molar-refractivity contribution in [1.29, 1.82) is 0 Å². The highest BCUT2D eigenvalue weighted by Gasteiger charge is 2.36. The van der Waals surface area contributed by atoms with Gasteiger partial charge in [-0.3, -0.25) is 9.59 Å². The minimum Gasteiger partial charge on any atom is -0.497 e. The van der Waals surface area contributed by atoms with Crippen LogP contribution in [-0.2, 0) is 9.53 Å². The van der Waals surface area contributed by atoms with E-state index in [4.69, 9.17) is 14.2 Å². The molecule has 0 radical (unpaired) electrons. The zero-order valence-corrected chi connectivity index (χ0v) is 18.7. The highest BCUT2D eigenvalue weighted by Crippen LogP contribution is 2.33. The molecule has 3 aliphatic rings. The maximum absolute atomic E-state index is 13.5. The van der Waals surface area contributed by atoms with Crippen LogP contribution >= 0.6 is 0 Å². The fraction of sp³-hybridized carbons (Fsp3) is 0.667. The van der Waals surface area contributed by atoms with Crippen LogP contribution in [0, 0.1) is 5.92 Å². The second-order valence-corrected chi connectivity index (χ2v) is 8.88. The van der Waals surface area contributed by atoms with Gasteiger partial charge < -0.3 is 24.0 Å². The van der Waals surface area contributed by atoms with E-state index in [2.05, 4.69) is 0 Å². The standard InChI is InChI=1S/C24H34N2O5/c1-29-16-18-5-3-4-12-26(18)24(28)21-15-20(30-2)8-9-22(21)31-19-10-13-25(14-11-19)23(27)17-6-7-17/h8-9,15,17-19H,3-7,10-14,16H2,1-2H3/t18-/m0/s1. The van der Waals surface area contributed by atoms with Gasteiger partial charge in [-0.25, -0.2) is 0 Å². The van der Waals surface area contributed by atoms with Gasteiger partial charge in [0.25, 0.3) is 5.91 Å². The Bertz CT molecular complexity index is 784. The number of hydrogen-bond donors (Lipinski definition) is 0. The van der Waals surface area contributed by atoms with Crippen molar-refractivity contribution in [3.63, 3.8) is 0 Å². The molecule has 1 aromatic rings. The van der Waals surface area contributed by atoms with Gasteiger partial charge in [0, 0.05) is 45.5 Å². The van der Waals surface area contributed by atoms with E-state index >= 15 is 0 Å². The highest BCUT2D eigenvalue weighted by atomic mass is 16.5. The van der Waals surface area contributed by atoms with Gasteiger partial charge in [-0.1, -0.05) is 0 Å². The quantitative estimate of drug-likeness (QED) is 0.665. The summed E-state index contributed by atoms with van der Waals surface area (Å²) in [6, 6.07) is 5.54. The molecule has 7 nitrogen and oxygen atoms in total. The lowest BCUT2D eigenvalue weighted by Gasteiger charge is -2.36. The largest absolute Gasteiger partial charge is 0.497 e. The number of likely N-dealkylation sites (tertiary alicyclic amines) is 2. The van der Waals surface area contributed by atoms with Crippen LogP contribution in [0.5, 0.6) is 11.5 Å². The Morgan fingerprint density at radius 3 is 2.45 bits per heavy atom. The van der Waals surface area contributed by atoms with Gasteiger partial charge in [-0.15, -0.1) is 0 Å². The molecule has 7 heteroatoms. The van der Waals surface area contributed by atoms with Crippen molar-refractivity contribution in [2.75, 3.05) is 40.5 Å². The molecule has 3 fully saturated rings. The average Bonchev–Trinajstić information content (AvgIpc) is 3.65. The van der Waals surface area contributed by atoms with Crippen LogP contribution in [0.4, 0.5) is 0 Å². The summed E-state index contributed by atoms with van der Waals surface area (Å²) in [6.07, 6.45) is 6.70. The summed E-state index contributed by atoms with van der Waals surface area (Å²) in [5.74, 6) is 1.76. The Hall–Kier alpha value is -2.28. The van der Waals surface area contributed by atoms with Gasteiger partial charge in [0.2, 0.25) is 5.91 Å². The normalized spacial score (nSPS) is 22.3. The Morgan fingerprint density at radius 1 is 1.00 bits per heavy atom. The van der Waals surface area contributed by atoms with Crippen molar-refractivity contribution < 1.29 is 23.8 Å². The van der Waals surface area contributed by atoms with Gasteiger partial charge in [-0.2, -0.15) is 0 Å². The number of hydrogen-bond acceptors (Lipinski definition) is 5. The first kappa shape index (κ1) is 21.9. The first-order valence-electron chi connectivity index (χ1n) is 11.5. The summed E-state index contributed by atoms with van der Waals surface area (Å²) in [5.41, 5.74) is 0.541. The lowest BCUT2D eigenvalue weighted by molar-refractivity contribution is -0.134. The van der Waals surface area contributed by atoms with E-state index in [9.17, 15) is 9.59 Å². The summed E-state index contributed by atoms with van der Waals surface area (Å²) < 4.78 is 17.1. The Kier molecular flexibility index (Phi) is 7.00. The average molecular weight is 431 g/mol. The molecule has 0 bridgehead atoms. The van der Waals surface area contributed by atoms with E-state index < -0.39 is 0 Å². The number of piperidine rings is 2. The SMILES string of the molecule is COC[C@@H]1CCCCN1C(=O)c1cc(OC)ccc1OC1CCN(C(=O)C2CC2)CC1. The predicted molar refractivity (Wildman–Crippen MR) is 116 cm³/mol. The number of rotatable bonds is 7. The third-order valence-electron chi connectivity index (χ3n) is 6.64. The first-order chi connectivity index (χ1) is 15.1. The van der Waals surface area contributed by atoms with E-state index in [0.717, 1.165) is 64.6 Å². The van der Waals surface area contributed by atoms with E-state index in [-0.39, 0.29) is 24.0 Å². The molecule has 2 saturated heterocycles. The maximum Gasteiger partial charge on any atom is 0.258 e. The predicted octanol–water partition coefficient (Wildman–Crippen LogP) is 3.12. The number of carbonyl (C=O) groups is 2. The molecular formula is C24H34N2O5. The number of benzene rings is 1. The zero-order valence-electron chi connectivity index (χ0n) is 18.7. The lowest BCUT2D eigenvalue weighted by Crippen LogP contribution is -2.46. The summed E-state index contributed by atoms with van der Waals surface area (Å²) in [7, 11) is 3.28. The van der Waals surface area contributed by atoms with Crippen molar-refractivity contribution >= 4 is 11.8 Å². The Balaban J connectivity index is 1.46. The number of methoxy groups -OCH3 is 2.